The molecule has 1 aliphatic heterocycles. The van der Waals surface area contributed by atoms with Gasteiger partial charge in [-0.2, -0.15) is 0 Å². The molecule has 7 nitrogen and oxygen atoms in total. The van der Waals surface area contributed by atoms with E-state index in [0.717, 1.165) is 22.3 Å². The van der Waals surface area contributed by atoms with Crippen LogP contribution in [0.15, 0.2) is 42.5 Å². The molecule has 0 aromatic heterocycles. The molecule has 0 radical (unpaired) electrons. The number of nitrogens with zero attached hydrogens (tertiary/aromatic N) is 1. The lowest BCUT2D eigenvalue weighted by Gasteiger charge is -2.36. The molecule has 0 saturated carbocycles. The van der Waals surface area contributed by atoms with Gasteiger partial charge in [0.05, 0.1) is 0 Å². The number of rotatable bonds is 6. The highest BCUT2D eigenvalue weighted by atomic mass is 16.5. The Labute approximate surface area is 189 Å². The lowest BCUT2D eigenvalue weighted by molar-refractivity contribution is -0.143. The van der Waals surface area contributed by atoms with Gasteiger partial charge in [0.2, 0.25) is 5.91 Å². The van der Waals surface area contributed by atoms with E-state index in [4.69, 9.17) is 4.74 Å². The fourth-order valence-corrected chi connectivity index (χ4v) is 3.74. The summed E-state index contributed by atoms with van der Waals surface area (Å²) in [6.45, 7) is 7.94. The average Bonchev–Trinajstić information content (AvgIpc) is 2.76. The van der Waals surface area contributed by atoms with Crippen LogP contribution in [0, 0.1) is 19.8 Å². The van der Waals surface area contributed by atoms with Crippen LogP contribution in [-0.4, -0.2) is 35.3 Å². The van der Waals surface area contributed by atoms with E-state index in [1.807, 2.05) is 70.2 Å². The first-order valence-electron chi connectivity index (χ1n) is 10.9. The SMILES string of the molecule is Cc1ccc(C)c(OCC(=O)NNC(=O)C2Cc3ccccc3CN2C(=O)CC(C)C)c1. The highest BCUT2D eigenvalue weighted by molar-refractivity contribution is 5.90. The summed E-state index contributed by atoms with van der Waals surface area (Å²) in [4.78, 5) is 39.6. The van der Waals surface area contributed by atoms with Gasteiger partial charge in [0, 0.05) is 19.4 Å². The molecule has 1 aliphatic rings. The van der Waals surface area contributed by atoms with E-state index < -0.39 is 17.9 Å². The van der Waals surface area contributed by atoms with Crippen LogP contribution in [0.3, 0.4) is 0 Å². The molecular formula is C25H31N3O4. The molecule has 1 heterocycles. The number of aryl methyl sites for hydroxylation is 2. The first-order valence-corrected chi connectivity index (χ1v) is 10.9. The van der Waals surface area contributed by atoms with E-state index in [2.05, 4.69) is 10.9 Å². The van der Waals surface area contributed by atoms with Crippen molar-refractivity contribution in [3.8, 4) is 5.75 Å². The van der Waals surface area contributed by atoms with Crippen LogP contribution in [0.2, 0.25) is 0 Å². The number of carbonyl (C=O) groups is 3. The minimum atomic E-state index is -0.684. The Morgan fingerprint density at radius 1 is 1.06 bits per heavy atom. The normalized spacial score (nSPS) is 15.2. The average molecular weight is 438 g/mol. The number of nitrogens with one attached hydrogen (secondary N) is 2. The Hall–Kier alpha value is -3.35. The number of fused-ring (bicyclic) bond motifs is 1. The van der Waals surface area contributed by atoms with Crippen molar-refractivity contribution in [2.24, 2.45) is 5.92 Å². The Bertz CT molecular complexity index is 1000. The molecule has 170 valence electrons. The monoisotopic (exact) mass is 437 g/mol. The predicted octanol–water partition coefficient (Wildman–Crippen LogP) is 2.83. The van der Waals surface area contributed by atoms with E-state index in [-0.39, 0.29) is 18.4 Å². The number of hydrogen-bond donors (Lipinski definition) is 2. The van der Waals surface area contributed by atoms with Crippen LogP contribution in [0.1, 0.15) is 42.5 Å². The van der Waals surface area contributed by atoms with E-state index in [9.17, 15) is 14.4 Å². The summed E-state index contributed by atoms with van der Waals surface area (Å²) in [6.07, 6.45) is 0.767. The van der Waals surface area contributed by atoms with Crippen molar-refractivity contribution < 1.29 is 19.1 Å². The largest absolute Gasteiger partial charge is 0.483 e. The minimum absolute atomic E-state index is 0.0702. The first-order chi connectivity index (χ1) is 15.2. The van der Waals surface area contributed by atoms with E-state index in [1.165, 1.54) is 0 Å². The molecule has 2 aromatic rings. The number of ether oxygens (including phenoxy) is 1. The van der Waals surface area contributed by atoms with Crippen molar-refractivity contribution in [3.63, 3.8) is 0 Å². The van der Waals surface area contributed by atoms with Gasteiger partial charge < -0.3 is 9.64 Å². The quantitative estimate of drug-likeness (QED) is 0.681. The van der Waals surface area contributed by atoms with Gasteiger partial charge in [-0.25, -0.2) is 0 Å². The maximum atomic E-state index is 12.9. The molecule has 0 saturated heterocycles. The second kappa shape index (κ2) is 10.3. The second-order valence-electron chi connectivity index (χ2n) is 8.70. The third-order valence-corrected chi connectivity index (χ3v) is 5.48. The Morgan fingerprint density at radius 2 is 1.78 bits per heavy atom. The Balaban J connectivity index is 1.61. The molecule has 7 heteroatoms. The standard InChI is InChI=1S/C25H31N3O4/c1-16(2)11-24(30)28-14-20-8-6-5-7-19(20)13-21(28)25(31)27-26-23(29)15-32-22-12-17(3)9-10-18(22)4/h5-10,12,16,21H,11,13-15H2,1-4H3,(H,26,29)(H,27,31). The van der Waals surface area contributed by atoms with Crippen molar-refractivity contribution >= 4 is 17.7 Å². The van der Waals surface area contributed by atoms with Gasteiger partial charge in [-0.1, -0.05) is 50.2 Å². The topological polar surface area (TPSA) is 87.7 Å². The molecule has 32 heavy (non-hydrogen) atoms. The van der Waals surface area contributed by atoms with Gasteiger partial charge in [0.15, 0.2) is 6.61 Å². The lowest BCUT2D eigenvalue weighted by atomic mass is 9.92. The van der Waals surface area contributed by atoms with Crippen LogP contribution >= 0.6 is 0 Å². The molecular weight excluding hydrogens is 406 g/mol. The van der Waals surface area contributed by atoms with Gasteiger partial charge in [0.25, 0.3) is 11.8 Å². The molecule has 2 N–H and O–H groups in total. The molecule has 2 aromatic carbocycles. The summed E-state index contributed by atoms with van der Waals surface area (Å²) < 4.78 is 5.58. The summed E-state index contributed by atoms with van der Waals surface area (Å²) in [5, 5.41) is 0. The summed E-state index contributed by atoms with van der Waals surface area (Å²) >= 11 is 0. The van der Waals surface area contributed by atoms with Gasteiger partial charge in [-0.05, 0) is 48.1 Å². The summed E-state index contributed by atoms with van der Waals surface area (Å²) in [6, 6.07) is 12.9. The zero-order valence-corrected chi connectivity index (χ0v) is 19.1. The van der Waals surface area contributed by atoms with Crippen LogP contribution in [0.4, 0.5) is 0 Å². The fourth-order valence-electron chi connectivity index (χ4n) is 3.74. The molecule has 0 aliphatic carbocycles. The van der Waals surface area contributed by atoms with Crippen molar-refractivity contribution in [3.05, 3.63) is 64.7 Å². The number of carbonyl (C=O) groups excluding carboxylic acids is 3. The highest BCUT2D eigenvalue weighted by Crippen LogP contribution is 2.25. The van der Waals surface area contributed by atoms with E-state index in [1.54, 1.807) is 4.90 Å². The third kappa shape index (κ3) is 5.87. The van der Waals surface area contributed by atoms with Gasteiger partial charge >= 0.3 is 0 Å². The van der Waals surface area contributed by atoms with Crippen LogP contribution in [-0.2, 0) is 27.3 Å². The minimum Gasteiger partial charge on any atom is -0.483 e. The van der Waals surface area contributed by atoms with Crippen LogP contribution in [0.25, 0.3) is 0 Å². The Morgan fingerprint density at radius 3 is 2.50 bits per heavy atom. The first kappa shape index (κ1) is 23.3. The van der Waals surface area contributed by atoms with Crippen molar-refractivity contribution in [1.82, 2.24) is 15.8 Å². The zero-order chi connectivity index (χ0) is 23.3. The lowest BCUT2D eigenvalue weighted by Crippen LogP contribution is -2.56. The molecule has 0 fully saturated rings. The number of hydrogen-bond acceptors (Lipinski definition) is 4. The molecule has 0 bridgehead atoms. The molecule has 3 rings (SSSR count). The predicted molar refractivity (Wildman–Crippen MR) is 122 cm³/mol. The van der Waals surface area contributed by atoms with E-state index in [0.29, 0.717) is 25.1 Å². The summed E-state index contributed by atoms with van der Waals surface area (Å²) in [5.74, 6) is -0.155. The molecule has 1 unspecified atom stereocenters. The van der Waals surface area contributed by atoms with Crippen molar-refractivity contribution in [1.29, 1.82) is 0 Å². The number of benzene rings is 2. The third-order valence-electron chi connectivity index (χ3n) is 5.48. The van der Waals surface area contributed by atoms with Crippen LogP contribution < -0.4 is 15.6 Å². The maximum absolute atomic E-state index is 12.9. The van der Waals surface area contributed by atoms with Gasteiger partial charge in [-0.3, -0.25) is 25.2 Å². The molecule has 0 spiro atoms. The second-order valence-corrected chi connectivity index (χ2v) is 8.70. The van der Waals surface area contributed by atoms with Crippen LogP contribution in [0.5, 0.6) is 5.75 Å². The highest BCUT2D eigenvalue weighted by Gasteiger charge is 2.34. The number of amides is 3. The number of hydrazine groups is 1. The van der Waals surface area contributed by atoms with E-state index >= 15 is 0 Å². The van der Waals surface area contributed by atoms with Gasteiger partial charge in [0.1, 0.15) is 11.8 Å². The summed E-state index contributed by atoms with van der Waals surface area (Å²) in [7, 11) is 0. The Kier molecular flexibility index (Phi) is 7.51. The zero-order valence-electron chi connectivity index (χ0n) is 19.1. The molecule has 1 atom stereocenters. The maximum Gasteiger partial charge on any atom is 0.276 e. The smallest absolute Gasteiger partial charge is 0.276 e. The summed E-state index contributed by atoms with van der Waals surface area (Å²) in [5.41, 5.74) is 8.91. The van der Waals surface area contributed by atoms with Crippen molar-refractivity contribution in [2.45, 2.75) is 53.1 Å². The van der Waals surface area contributed by atoms with Gasteiger partial charge in [-0.15, -0.1) is 0 Å². The van der Waals surface area contributed by atoms with Crippen molar-refractivity contribution in [2.75, 3.05) is 6.61 Å². The fraction of sp³-hybridized carbons (Fsp3) is 0.400. The molecule has 3 amide bonds.